The fourth-order valence-corrected chi connectivity index (χ4v) is 4.80. The second-order valence-corrected chi connectivity index (χ2v) is 9.38. The van der Waals surface area contributed by atoms with E-state index < -0.39 is 12.2 Å². The smallest absolute Gasteiger partial charge is 0.222 e. The largest absolute Gasteiger partial charge is 0.489 e. The Hall–Kier alpha value is -2.29. The number of amides is 1. The summed E-state index contributed by atoms with van der Waals surface area (Å²) in [5.74, 6) is 7.09. The van der Waals surface area contributed by atoms with Gasteiger partial charge in [-0.1, -0.05) is 37.3 Å². The average molecular weight is 440 g/mol. The summed E-state index contributed by atoms with van der Waals surface area (Å²) in [7, 11) is 3.58. The minimum atomic E-state index is -0.583. The summed E-state index contributed by atoms with van der Waals surface area (Å²) in [6.07, 6.45) is 7.19. The second kappa shape index (κ2) is 11.0. The van der Waals surface area contributed by atoms with Crippen LogP contribution in [0.4, 0.5) is 0 Å². The van der Waals surface area contributed by atoms with Crippen molar-refractivity contribution < 1.29 is 19.7 Å². The SMILES string of the molecule is CC#CC[C@H](C)[C@H](O)/C=C/[C@@H]1[C@H]2c3cccc(CCCCC(=O)N(C)C)c3O[C@H]2C[C@H]1O. The molecule has 0 radical (unpaired) electrons. The third kappa shape index (κ3) is 5.54. The molecule has 5 nitrogen and oxygen atoms in total. The van der Waals surface area contributed by atoms with Crippen molar-refractivity contribution in [2.24, 2.45) is 11.8 Å². The van der Waals surface area contributed by atoms with E-state index in [1.807, 2.05) is 19.1 Å². The molecule has 1 amide bonds. The highest BCUT2D eigenvalue weighted by atomic mass is 16.5. The Morgan fingerprint density at radius 1 is 1.34 bits per heavy atom. The van der Waals surface area contributed by atoms with Crippen molar-refractivity contribution in [3.05, 3.63) is 41.5 Å². The predicted molar refractivity (Wildman–Crippen MR) is 126 cm³/mol. The fourth-order valence-electron chi connectivity index (χ4n) is 4.80. The highest BCUT2D eigenvalue weighted by Crippen LogP contribution is 2.52. The van der Waals surface area contributed by atoms with E-state index in [4.69, 9.17) is 4.74 Å². The predicted octanol–water partition coefficient (Wildman–Crippen LogP) is 3.68. The average Bonchev–Trinajstić information content (AvgIpc) is 3.28. The van der Waals surface area contributed by atoms with E-state index in [1.165, 1.54) is 5.56 Å². The van der Waals surface area contributed by atoms with Crippen molar-refractivity contribution in [2.45, 2.75) is 76.6 Å². The van der Waals surface area contributed by atoms with Crippen molar-refractivity contribution in [3.8, 4) is 17.6 Å². The molecule has 2 N–H and O–H groups in total. The summed E-state index contributed by atoms with van der Waals surface area (Å²) in [6.45, 7) is 3.79. The summed E-state index contributed by atoms with van der Waals surface area (Å²) < 4.78 is 6.34. The van der Waals surface area contributed by atoms with E-state index in [1.54, 1.807) is 25.9 Å². The maximum Gasteiger partial charge on any atom is 0.222 e. The van der Waals surface area contributed by atoms with Gasteiger partial charge in [0.2, 0.25) is 5.91 Å². The number of benzene rings is 1. The lowest BCUT2D eigenvalue weighted by Crippen LogP contribution is -2.21. The molecule has 32 heavy (non-hydrogen) atoms. The van der Waals surface area contributed by atoms with Gasteiger partial charge in [0.15, 0.2) is 0 Å². The van der Waals surface area contributed by atoms with Gasteiger partial charge < -0.3 is 19.8 Å². The van der Waals surface area contributed by atoms with E-state index in [2.05, 4.69) is 30.0 Å². The monoisotopic (exact) mass is 439 g/mol. The quantitative estimate of drug-likeness (QED) is 0.350. The molecule has 6 atom stereocenters. The van der Waals surface area contributed by atoms with Crippen molar-refractivity contribution in [3.63, 3.8) is 0 Å². The zero-order chi connectivity index (χ0) is 23.3. The van der Waals surface area contributed by atoms with Crippen molar-refractivity contribution in [1.29, 1.82) is 0 Å². The zero-order valence-corrected chi connectivity index (χ0v) is 19.8. The summed E-state index contributed by atoms with van der Waals surface area (Å²) >= 11 is 0. The van der Waals surface area contributed by atoms with Crippen LogP contribution >= 0.6 is 0 Å². The van der Waals surface area contributed by atoms with Crippen LogP contribution in [0.2, 0.25) is 0 Å². The molecule has 1 aliphatic carbocycles. The van der Waals surface area contributed by atoms with Gasteiger partial charge in [-0.3, -0.25) is 4.79 Å². The zero-order valence-electron chi connectivity index (χ0n) is 19.8. The van der Waals surface area contributed by atoms with Gasteiger partial charge >= 0.3 is 0 Å². The molecule has 3 rings (SSSR count). The van der Waals surface area contributed by atoms with Gasteiger partial charge in [-0.15, -0.1) is 11.8 Å². The Morgan fingerprint density at radius 2 is 2.12 bits per heavy atom. The minimum absolute atomic E-state index is 0.0355. The molecule has 1 aliphatic heterocycles. The van der Waals surface area contributed by atoms with Crippen LogP contribution in [0.5, 0.6) is 5.75 Å². The molecule has 5 heteroatoms. The van der Waals surface area contributed by atoms with E-state index in [-0.39, 0.29) is 29.8 Å². The molecular formula is C27H37NO4. The van der Waals surface area contributed by atoms with Gasteiger partial charge in [0.1, 0.15) is 11.9 Å². The van der Waals surface area contributed by atoms with Crippen molar-refractivity contribution >= 4 is 5.91 Å². The number of carbonyl (C=O) groups excluding carboxylic acids is 1. The van der Waals surface area contributed by atoms with Crippen LogP contribution in [0.25, 0.3) is 0 Å². The van der Waals surface area contributed by atoms with Crippen LogP contribution in [0.1, 0.15) is 63.0 Å². The minimum Gasteiger partial charge on any atom is -0.489 e. The van der Waals surface area contributed by atoms with Gasteiger partial charge in [-0.25, -0.2) is 0 Å². The molecule has 2 aliphatic rings. The van der Waals surface area contributed by atoms with E-state index in [9.17, 15) is 15.0 Å². The van der Waals surface area contributed by atoms with Crippen LogP contribution in [-0.2, 0) is 11.2 Å². The maximum atomic E-state index is 11.8. The molecule has 1 heterocycles. The first kappa shape index (κ1) is 24.4. The van der Waals surface area contributed by atoms with Crippen molar-refractivity contribution in [2.75, 3.05) is 14.1 Å². The summed E-state index contributed by atoms with van der Waals surface area (Å²) in [5, 5.41) is 21.2. The highest BCUT2D eigenvalue weighted by Gasteiger charge is 2.48. The lowest BCUT2D eigenvalue weighted by molar-refractivity contribution is -0.128. The van der Waals surface area contributed by atoms with Crippen molar-refractivity contribution in [1.82, 2.24) is 4.90 Å². The number of unbranched alkanes of at least 4 members (excludes halogenated alkanes) is 1. The van der Waals surface area contributed by atoms with Gasteiger partial charge in [0.25, 0.3) is 0 Å². The molecule has 1 fully saturated rings. The summed E-state index contributed by atoms with van der Waals surface area (Å²) in [4.78, 5) is 13.4. The molecule has 0 unspecified atom stereocenters. The number of para-hydroxylation sites is 1. The summed E-state index contributed by atoms with van der Waals surface area (Å²) in [5.41, 5.74) is 2.33. The van der Waals surface area contributed by atoms with Gasteiger partial charge in [0.05, 0.1) is 12.2 Å². The first-order valence-corrected chi connectivity index (χ1v) is 11.8. The van der Waals surface area contributed by atoms with Crippen LogP contribution in [-0.4, -0.2) is 53.4 Å². The maximum absolute atomic E-state index is 11.8. The summed E-state index contributed by atoms with van der Waals surface area (Å²) in [6, 6.07) is 6.28. The Bertz CT molecular complexity index is 881. The highest BCUT2D eigenvalue weighted by molar-refractivity contribution is 5.75. The number of hydrogen-bond acceptors (Lipinski definition) is 4. The Balaban J connectivity index is 1.67. The molecule has 1 saturated carbocycles. The molecule has 0 aromatic heterocycles. The van der Waals surface area contributed by atoms with Gasteiger partial charge in [0, 0.05) is 50.8 Å². The number of aliphatic hydroxyl groups excluding tert-OH is 2. The number of aryl methyl sites for hydroxylation is 1. The number of fused-ring (bicyclic) bond motifs is 3. The van der Waals surface area contributed by atoms with Crippen LogP contribution in [0.3, 0.4) is 0 Å². The third-order valence-electron chi connectivity index (χ3n) is 6.79. The van der Waals surface area contributed by atoms with E-state index in [0.717, 1.165) is 30.6 Å². The molecule has 1 aromatic rings. The third-order valence-corrected chi connectivity index (χ3v) is 6.79. The molecule has 1 aromatic carbocycles. The number of nitrogens with zero attached hydrogens (tertiary/aromatic N) is 1. The lowest BCUT2D eigenvalue weighted by atomic mass is 9.86. The van der Waals surface area contributed by atoms with E-state index in [0.29, 0.717) is 19.3 Å². The first-order chi connectivity index (χ1) is 15.3. The topological polar surface area (TPSA) is 70.0 Å². The number of carbonyl (C=O) groups is 1. The fraction of sp³-hybridized carbons (Fsp3) is 0.593. The molecule has 0 saturated heterocycles. The number of hydrogen-bond donors (Lipinski definition) is 2. The standard InChI is InChI=1S/C27H37NO4/c1-5-6-10-18(2)22(29)16-15-20-23(30)17-24-26(20)21-13-9-12-19(27(21)32-24)11-7-8-14-25(31)28(3)4/h9,12-13,15-16,18,20,22-24,26,29-30H,7-8,10-11,14,17H2,1-4H3/b16-15+/t18-,20-,22+,23+,24-,26-/m0/s1. The first-order valence-electron chi connectivity index (χ1n) is 11.8. The van der Waals surface area contributed by atoms with Gasteiger partial charge in [-0.2, -0.15) is 0 Å². The molecule has 174 valence electrons. The van der Waals surface area contributed by atoms with Crippen LogP contribution < -0.4 is 4.74 Å². The Kier molecular flexibility index (Phi) is 8.39. The van der Waals surface area contributed by atoms with Gasteiger partial charge in [-0.05, 0) is 37.7 Å². The van der Waals surface area contributed by atoms with Crippen LogP contribution in [0.15, 0.2) is 30.4 Å². The Morgan fingerprint density at radius 3 is 2.84 bits per heavy atom. The molecular weight excluding hydrogens is 402 g/mol. The Labute approximate surface area is 192 Å². The normalized spacial score (nSPS) is 25.4. The number of rotatable bonds is 9. The molecule has 0 bridgehead atoms. The number of ether oxygens (including phenoxy) is 1. The van der Waals surface area contributed by atoms with Crippen LogP contribution in [0, 0.1) is 23.7 Å². The second-order valence-electron chi connectivity index (χ2n) is 9.38. The number of aliphatic hydroxyl groups is 2. The molecule has 0 spiro atoms. The van der Waals surface area contributed by atoms with E-state index >= 15 is 0 Å². The lowest BCUT2D eigenvalue weighted by Gasteiger charge is -2.19.